The number of unbranched alkanes of at least 4 members (excludes halogenated alkanes) is 1. The molecule has 2 aliphatic rings. The molecular formula is C26H29F6NO. The molecule has 2 aromatic rings. The summed E-state index contributed by atoms with van der Waals surface area (Å²) in [5.41, 5.74) is -0.919. The lowest BCUT2D eigenvalue weighted by molar-refractivity contribution is -0.138. The highest BCUT2D eigenvalue weighted by Crippen LogP contribution is 2.51. The van der Waals surface area contributed by atoms with Crippen molar-refractivity contribution in [2.24, 2.45) is 0 Å². The van der Waals surface area contributed by atoms with Gasteiger partial charge in [0.2, 0.25) is 0 Å². The van der Waals surface area contributed by atoms with E-state index < -0.39 is 28.9 Å². The number of aryl methyl sites for hydroxylation is 1. The number of hydrogen-bond donors (Lipinski definition) is 0. The summed E-state index contributed by atoms with van der Waals surface area (Å²) >= 11 is 0. The minimum Gasteiger partial charge on any atom is -0.375 e. The van der Waals surface area contributed by atoms with E-state index in [0.717, 1.165) is 44.0 Å². The first-order valence-electron chi connectivity index (χ1n) is 11.8. The van der Waals surface area contributed by atoms with E-state index in [1.165, 1.54) is 18.3 Å². The lowest BCUT2D eigenvalue weighted by atomic mass is 9.65. The van der Waals surface area contributed by atoms with Crippen molar-refractivity contribution in [3.05, 3.63) is 65.0 Å². The third-order valence-electron chi connectivity index (χ3n) is 7.46. The van der Waals surface area contributed by atoms with Crippen LogP contribution in [-0.4, -0.2) is 17.2 Å². The molecule has 1 saturated heterocycles. The topological polar surface area (TPSA) is 22.1 Å². The molecule has 186 valence electrons. The molecule has 2 heterocycles. The molecule has 1 aliphatic heterocycles. The van der Waals surface area contributed by atoms with Crippen molar-refractivity contribution in [1.82, 2.24) is 4.98 Å². The average Bonchev–Trinajstić information content (AvgIpc) is 3.23. The van der Waals surface area contributed by atoms with Crippen molar-refractivity contribution in [2.45, 2.75) is 87.6 Å². The minimum absolute atomic E-state index is 0.280. The fourth-order valence-electron chi connectivity index (χ4n) is 5.76. The predicted molar refractivity (Wildman–Crippen MR) is 116 cm³/mol. The van der Waals surface area contributed by atoms with Gasteiger partial charge in [-0.1, -0.05) is 37.5 Å². The van der Waals surface area contributed by atoms with E-state index in [4.69, 9.17) is 4.74 Å². The number of rotatable bonds is 6. The zero-order chi connectivity index (χ0) is 24.5. The molecule has 0 radical (unpaired) electrons. The first-order chi connectivity index (χ1) is 16.0. The Morgan fingerprint density at radius 3 is 2.29 bits per heavy atom. The van der Waals surface area contributed by atoms with E-state index >= 15 is 0 Å². The second kappa shape index (κ2) is 9.51. The summed E-state index contributed by atoms with van der Waals surface area (Å²) in [6.07, 6.45) is 1.14. The summed E-state index contributed by atoms with van der Waals surface area (Å²) in [5.74, 6) is 0. The van der Waals surface area contributed by atoms with Crippen LogP contribution in [0.2, 0.25) is 0 Å². The second-order valence-electron chi connectivity index (χ2n) is 9.81. The summed E-state index contributed by atoms with van der Waals surface area (Å²) in [6.45, 7) is 0.508. The zero-order valence-corrected chi connectivity index (χ0v) is 18.9. The van der Waals surface area contributed by atoms with Crippen molar-refractivity contribution in [2.75, 3.05) is 6.61 Å². The van der Waals surface area contributed by atoms with Gasteiger partial charge in [-0.15, -0.1) is 0 Å². The molecule has 2 nitrogen and oxygen atoms in total. The first-order valence-corrected chi connectivity index (χ1v) is 11.8. The summed E-state index contributed by atoms with van der Waals surface area (Å²) in [7, 11) is 0. The van der Waals surface area contributed by atoms with Gasteiger partial charge in [0.1, 0.15) is 0 Å². The molecule has 1 atom stereocenters. The molecule has 0 amide bonds. The van der Waals surface area contributed by atoms with Crippen LogP contribution in [0, 0.1) is 0 Å². The van der Waals surface area contributed by atoms with Crippen molar-refractivity contribution in [3.63, 3.8) is 0 Å². The Bertz CT molecular complexity index is 980. The molecular weight excluding hydrogens is 456 g/mol. The minimum atomic E-state index is -4.44. The number of benzene rings is 1. The van der Waals surface area contributed by atoms with E-state index in [2.05, 4.69) is 4.98 Å². The molecule has 1 aromatic carbocycles. The van der Waals surface area contributed by atoms with Crippen molar-refractivity contribution in [3.8, 4) is 0 Å². The third-order valence-corrected chi connectivity index (χ3v) is 7.46. The van der Waals surface area contributed by atoms with Gasteiger partial charge in [-0.25, -0.2) is 0 Å². The molecule has 1 saturated carbocycles. The molecule has 1 spiro atoms. The van der Waals surface area contributed by atoms with Crippen LogP contribution in [0.25, 0.3) is 0 Å². The maximum absolute atomic E-state index is 13.5. The van der Waals surface area contributed by atoms with Crippen LogP contribution in [0.5, 0.6) is 0 Å². The maximum Gasteiger partial charge on any atom is 0.417 e. The van der Waals surface area contributed by atoms with Crippen LogP contribution in [0.3, 0.4) is 0 Å². The second-order valence-corrected chi connectivity index (χ2v) is 9.81. The fraction of sp³-hybridized carbons (Fsp3) is 0.577. The summed E-state index contributed by atoms with van der Waals surface area (Å²) < 4.78 is 85.4. The van der Waals surface area contributed by atoms with Gasteiger partial charge in [0, 0.05) is 24.4 Å². The number of alkyl halides is 6. The van der Waals surface area contributed by atoms with E-state index in [0.29, 0.717) is 56.3 Å². The number of ether oxygens (including phenoxy) is 1. The number of hydrogen-bond acceptors (Lipinski definition) is 2. The third kappa shape index (κ3) is 5.58. The Kier molecular flexibility index (Phi) is 7.00. The maximum atomic E-state index is 13.5. The Hall–Kier alpha value is -2.09. The average molecular weight is 486 g/mol. The lowest BCUT2D eigenvalue weighted by Gasteiger charge is -2.47. The van der Waals surface area contributed by atoms with Crippen molar-refractivity contribution in [1.29, 1.82) is 0 Å². The Labute approximate surface area is 195 Å². The van der Waals surface area contributed by atoms with Gasteiger partial charge in [-0.05, 0) is 68.2 Å². The normalized spacial score (nSPS) is 22.9. The van der Waals surface area contributed by atoms with E-state index in [1.807, 2.05) is 0 Å². The highest BCUT2D eigenvalue weighted by molar-refractivity contribution is 5.33. The molecule has 0 unspecified atom stereocenters. The molecule has 1 aliphatic carbocycles. The highest BCUT2D eigenvalue weighted by atomic mass is 19.4. The number of nitrogens with zero attached hydrogens (tertiary/aromatic N) is 1. The van der Waals surface area contributed by atoms with Gasteiger partial charge in [0.15, 0.2) is 0 Å². The molecule has 1 aromatic heterocycles. The summed E-state index contributed by atoms with van der Waals surface area (Å²) in [5, 5.41) is 0. The summed E-state index contributed by atoms with van der Waals surface area (Å²) in [6, 6.07) is 6.77. The Balaban J connectivity index is 1.52. The van der Waals surface area contributed by atoms with Crippen LogP contribution >= 0.6 is 0 Å². The SMILES string of the molecule is FC(F)(F)c1cncc(CCCC[C@@]2(c3cccc(C(F)(F)F)c3)CCOC3(CCCC3)C2)c1. The summed E-state index contributed by atoms with van der Waals surface area (Å²) in [4.78, 5) is 3.72. The molecule has 0 N–H and O–H groups in total. The number of aromatic nitrogens is 1. The molecule has 4 rings (SSSR count). The van der Waals surface area contributed by atoms with Gasteiger partial charge < -0.3 is 4.74 Å². The first kappa shape index (κ1) is 25.0. The van der Waals surface area contributed by atoms with E-state index in [-0.39, 0.29) is 5.60 Å². The largest absolute Gasteiger partial charge is 0.417 e. The van der Waals surface area contributed by atoms with Gasteiger partial charge in [-0.2, -0.15) is 26.3 Å². The predicted octanol–water partition coefficient (Wildman–Crippen LogP) is 7.89. The highest BCUT2D eigenvalue weighted by Gasteiger charge is 2.48. The van der Waals surface area contributed by atoms with Crippen LogP contribution in [0.4, 0.5) is 26.3 Å². The van der Waals surface area contributed by atoms with Gasteiger partial charge in [0.05, 0.1) is 16.7 Å². The monoisotopic (exact) mass is 485 g/mol. The van der Waals surface area contributed by atoms with Gasteiger partial charge >= 0.3 is 12.4 Å². The Morgan fingerprint density at radius 1 is 0.853 bits per heavy atom. The van der Waals surface area contributed by atoms with Gasteiger partial charge in [0.25, 0.3) is 0 Å². The number of halogens is 6. The molecule has 34 heavy (non-hydrogen) atoms. The zero-order valence-electron chi connectivity index (χ0n) is 18.9. The van der Waals surface area contributed by atoms with Gasteiger partial charge in [-0.3, -0.25) is 4.98 Å². The fourth-order valence-corrected chi connectivity index (χ4v) is 5.76. The van der Waals surface area contributed by atoms with E-state index in [1.54, 1.807) is 6.07 Å². The molecule has 0 bridgehead atoms. The van der Waals surface area contributed by atoms with Crippen LogP contribution in [0.1, 0.15) is 80.0 Å². The smallest absolute Gasteiger partial charge is 0.375 e. The van der Waals surface area contributed by atoms with Crippen molar-refractivity contribution < 1.29 is 31.1 Å². The molecule has 2 fully saturated rings. The van der Waals surface area contributed by atoms with Crippen molar-refractivity contribution >= 4 is 0 Å². The van der Waals surface area contributed by atoms with Crippen LogP contribution in [0.15, 0.2) is 42.7 Å². The quantitative estimate of drug-likeness (QED) is 0.307. The van der Waals surface area contributed by atoms with Crippen LogP contribution < -0.4 is 0 Å². The number of pyridine rings is 1. The van der Waals surface area contributed by atoms with Crippen LogP contribution in [-0.2, 0) is 28.9 Å². The standard InChI is InChI=1S/C26H29F6NO/c27-25(28,29)21-8-5-7-20(15-21)23(12-13-34-24(18-23)10-3-4-11-24)9-2-1-6-19-14-22(17-33-16-19)26(30,31)32/h5,7-8,14-17H,1-4,6,9-13,18H2/t23-/m1/s1. The Morgan fingerprint density at radius 2 is 1.59 bits per heavy atom. The molecule has 8 heteroatoms. The lowest BCUT2D eigenvalue weighted by Crippen LogP contribution is -2.46. The van der Waals surface area contributed by atoms with E-state index in [9.17, 15) is 26.3 Å².